The Morgan fingerprint density at radius 3 is 1.39 bits per heavy atom. The van der Waals surface area contributed by atoms with E-state index in [9.17, 15) is 0 Å². The van der Waals surface area contributed by atoms with Gasteiger partial charge in [-0.05, 0) is 137 Å². The fraction of sp³-hybridized carbons (Fsp3) is 0.0137. The van der Waals surface area contributed by atoms with Crippen molar-refractivity contribution in [1.29, 1.82) is 0 Å². The van der Waals surface area contributed by atoms with E-state index in [1.165, 1.54) is 98.2 Å². The number of hydrogen-bond acceptors (Lipinski definition) is 1. The first-order valence-corrected chi connectivity index (χ1v) is 28.4. The number of aromatic nitrogens is 1. The predicted octanol–water partition coefficient (Wildman–Crippen LogP) is 15.6. The topological polar surface area (TPSA) is 8.17 Å². The van der Waals surface area contributed by atoms with Crippen molar-refractivity contribution in [2.75, 3.05) is 4.90 Å². The fourth-order valence-corrected chi connectivity index (χ4v) is 18.6. The fourth-order valence-electron chi connectivity index (χ4n) is 13.4. The average Bonchev–Trinajstić information content (AvgIpc) is 4.29. The summed E-state index contributed by atoms with van der Waals surface area (Å²) in [6.45, 7) is 0. The zero-order valence-corrected chi connectivity index (χ0v) is 42.8. The van der Waals surface area contributed by atoms with Gasteiger partial charge in [0.15, 0.2) is 8.07 Å². The van der Waals surface area contributed by atoms with Gasteiger partial charge >= 0.3 is 0 Å². The first-order valence-electron chi connectivity index (χ1n) is 26.4. The van der Waals surface area contributed by atoms with Crippen LogP contribution < -0.4 is 25.6 Å². The van der Waals surface area contributed by atoms with Crippen LogP contribution in [0.1, 0.15) is 22.3 Å². The third kappa shape index (κ3) is 6.46. The van der Waals surface area contributed by atoms with Gasteiger partial charge in [-0.1, -0.05) is 243 Å². The lowest BCUT2D eigenvalue weighted by Crippen LogP contribution is -2.72. The van der Waals surface area contributed by atoms with Crippen LogP contribution in [-0.4, -0.2) is 12.6 Å². The molecule has 76 heavy (non-hydrogen) atoms. The van der Waals surface area contributed by atoms with Crippen LogP contribution in [0.5, 0.6) is 0 Å². The minimum Gasteiger partial charge on any atom is -0.310 e. The summed E-state index contributed by atoms with van der Waals surface area (Å²) in [4.78, 5) is 2.45. The van der Waals surface area contributed by atoms with Gasteiger partial charge in [0.1, 0.15) is 0 Å². The number of hydrogen-bond donors (Lipinski definition) is 0. The quantitative estimate of drug-likeness (QED) is 0.131. The molecule has 0 saturated heterocycles. The Morgan fingerprint density at radius 2 is 0.776 bits per heavy atom. The van der Waals surface area contributed by atoms with Gasteiger partial charge in [0.2, 0.25) is 0 Å². The molecule has 3 heteroatoms. The van der Waals surface area contributed by atoms with E-state index in [1.54, 1.807) is 0 Å². The second kappa shape index (κ2) is 17.6. The second-order valence-corrected chi connectivity index (χ2v) is 24.0. The Hall–Kier alpha value is -9.54. The monoisotopic (exact) mass is 982 g/mol. The first-order chi connectivity index (χ1) is 37.7. The maximum atomic E-state index is 2.49. The summed E-state index contributed by atoms with van der Waals surface area (Å²) in [5.74, 6) is 0. The van der Waals surface area contributed by atoms with E-state index in [0.29, 0.717) is 0 Å². The molecule has 12 aromatic carbocycles. The van der Waals surface area contributed by atoms with Crippen LogP contribution in [0.25, 0.3) is 60.9 Å². The van der Waals surface area contributed by atoms with Crippen molar-refractivity contribution in [2.45, 2.75) is 5.41 Å². The lowest BCUT2D eigenvalue weighted by atomic mass is 9.67. The van der Waals surface area contributed by atoms with Gasteiger partial charge in [0.05, 0.1) is 16.4 Å². The summed E-state index contributed by atoms with van der Waals surface area (Å²) in [5.41, 5.74) is 18.9. The summed E-state index contributed by atoms with van der Waals surface area (Å²) in [6, 6.07) is 113. The summed E-state index contributed by atoms with van der Waals surface area (Å²) in [6.07, 6.45) is 0. The van der Waals surface area contributed by atoms with Gasteiger partial charge in [-0.2, -0.15) is 0 Å². The van der Waals surface area contributed by atoms with Crippen LogP contribution in [0, 0.1) is 0 Å². The normalized spacial score (nSPS) is 13.5. The van der Waals surface area contributed by atoms with Gasteiger partial charge in [0, 0.05) is 33.5 Å². The van der Waals surface area contributed by atoms with Crippen molar-refractivity contribution < 1.29 is 0 Å². The molecule has 356 valence electrons. The largest absolute Gasteiger partial charge is 0.310 e. The Morgan fingerprint density at radius 1 is 0.303 bits per heavy atom. The lowest BCUT2D eigenvalue weighted by molar-refractivity contribution is 0.768. The van der Waals surface area contributed by atoms with E-state index in [1.807, 2.05) is 0 Å². The minimum atomic E-state index is -2.67. The minimum absolute atomic E-state index is 0.536. The Bertz CT molecular complexity index is 4190. The van der Waals surface area contributed by atoms with E-state index in [-0.39, 0.29) is 0 Å². The number of benzene rings is 12. The Labute approximate surface area is 444 Å². The number of rotatable bonds is 9. The molecule has 0 atom stereocenters. The van der Waals surface area contributed by atoms with E-state index in [0.717, 1.165) is 22.7 Å². The predicted molar refractivity (Wildman–Crippen MR) is 321 cm³/mol. The molecule has 0 unspecified atom stereocenters. The highest BCUT2D eigenvalue weighted by Crippen LogP contribution is 2.57. The molecule has 0 N–H and O–H groups in total. The van der Waals surface area contributed by atoms with E-state index >= 15 is 0 Å². The molecule has 13 aromatic rings. The van der Waals surface area contributed by atoms with Gasteiger partial charge < -0.3 is 9.47 Å². The van der Waals surface area contributed by atoms with Gasteiger partial charge in [-0.25, -0.2) is 0 Å². The van der Waals surface area contributed by atoms with Crippen molar-refractivity contribution in [3.8, 4) is 39.1 Å². The smallest absolute Gasteiger partial charge is 0.180 e. The van der Waals surface area contributed by atoms with Crippen molar-refractivity contribution >= 4 is 67.7 Å². The molecule has 2 aliphatic rings. The molecular formula is C73H50N2Si. The standard InChI is InChI=1S/C73H50N2Si/c1-4-22-53(23-5-1)73(54-24-6-2-7-25-54)67-34-15-10-29-61(67)62-48-47-58(50-68(62)73)74(56-43-45-57(46-44-56)75-69-35-16-11-30-63(69)64-31-12-17-36-70(64)75)55-41-39-51(40-42-55)52-21-20-28-60(49-52)76(59-26-8-3-9-27-59)71-37-18-13-32-65(71)66-33-14-19-38-72(66)76/h1-50H. The van der Waals surface area contributed by atoms with Crippen LogP contribution in [0.4, 0.5) is 17.1 Å². The van der Waals surface area contributed by atoms with Gasteiger partial charge in [0.25, 0.3) is 0 Å². The van der Waals surface area contributed by atoms with Crippen LogP contribution >= 0.6 is 0 Å². The zero-order chi connectivity index (χ0) is 50.2. The molecule has 2 nitrogen and oxygen atoms in total. The highest BCUT2D eigenvalue weighted by Gasteiger charge is 2.49. The molecule has 1 aromatic heterocycles. The van der Waals surface area contributed by atoms with Crippen LogP contribution in [-0.2, 0) is 5.41 Å². The average molecular weight is 983 g/mol. The van der Waals surface area contributed by atoms with Gasteiger partial charge in [-0.15, -0.1) is 0 Å². The number of fused-ring (bicyclic) bond motifs is 9. The molecule has 0 radical (unpaired) electrons. The van der Waals surface area contributed by atoms with Crippen molar-refractivity contribution in [2.24, 2.45) is 0 Å². The van der Waals surface area contributed by atoms with E-state index in [4.69, 9.17) is 0 Å². The van der Waals surface area contributed by atoms with Crippen LogP contribution in [0.3, 0.4) is 0 Å². The number of para-hydroxylation sites is 2. The second-order valence-electron chi connectivity index (χ2n) is 20.3. The molecule has 1 aliphatic carbocycles. The maximum absolute atomic E-state index is 2.67. The molecule has 0 fully saturated rings. The summed E-state index contributed by atoms with van der Waals surface area (Å²) in [5, 5.41) is 8.21. The Kier molecular flexibility index (Phi) is 10.2. The maximum Gasteiger partial charge on any atom is 0.180 e. The van der Waals surface area contributed by atoms with Crippen molar-refractivity contribution in [1.82, 2.24) is 4.57 Å². The third-order valence-electron chi connectivity index (χ3n) is 16.6. The Balaban J connectivity index is 0.898. The highest BCUT2D eigenvalue weighted by atomic mass is 28.3. The molecule has 2 heterocycles. The molecular weight excluding hydrogens is 933 g/mol. The number of nitrogens with zero attached hydrogens (tertiary/aromatic N) is 2. The van der Waals surface area contributed by atoms with Gasteiger partial charge in [-0.3, -0.25) is 0 Å². The van der Waals surface area contributed by atoms with Crippen LogP contribution in [0.15, 0.2) is 303 Å². The summed E-state index contributed by atoms with van der Waals surface area (Å²) < 4.78 is 2.40. The highest BCUT2D eigenvalue weighted by molar-refractivity contribution is 7.22. The first kappa shape index (κ1) is 44.0. The van der Waals surface area contributed by atoms with E-state index < -0.39 is 13.5 Å². The lowest BCUT2D eigenvalue weighted by Gasteiger charge is -2.35. The zero-order valence-electron chi connectivity index (χ0n) is 41.8. The summed E-state index contributed by atoms with van der Waals surface area (Å²) >= 11 is 0. The third-order valence-corrected chi connectivity index (χ3v) is 21.4. The summed E-state index contributed by atoms with van der Waals surface area (Å²) in [7, 11) is -2.67. The molecule has 15 rings (SSSR count). The van der Waals surface area contributed by atoms with Crippen molar-refractivity contribution in [3.63, 3.8) is 0 Å². The molecule has 0 bridgehead atoms. The molecule has 0 amide bonds. The SMILES string of the molecule is c1ccc(C2(c3ccccc3)c3ccccc3-c3ccc(N(c4ccc(-c5cccc([Si]6(c7ccccc7)c7ccccc7-c7ccccc76)c5)cc4)c4ccc(-n5c6ccccc6c6ccccc65)cc4)cc32)cc1. The van der Waals surface area contributed by atoms with Crippen molar-refractivity contribution in [3.05, 3.63) is 326 Å². The molecule has 1 aliphatic heterocycles. The number of anilines is 3. The molecule has 0 spiro atoms. The van der Waals surface area contributed by atoms with E-state index in [2.05, 4.69) is 313 Å². The van der Waals surface area contributed by atoms with Crippen LogP contribution in [0.2, 0.25) is 0 Å². The molecule has 0 saturated carbocycles.